The lowest BCUT2D eigenvalue weighted by atomic mass is 9.86. The van der Waals surface area contributed by atoms with Gasteiger partial charge in [0.25, 0.3) is 0 Å². The molecule has 2 aliphatic rings. The highest BCUT2D eigenvalue weighted by Gasteiger charge is 2.20. The van der Waals surface area contributed by atoms with Crippen molar-refractivity contribution in [1.82, 2.24) is 0 Å². The second kappa shape index (κ2) is 5.36. The zero-order valence-electron chi connectivity index (χ0n) is 11.5. The monoisotopic (exact) mass is 260 g/mol. The first-order valence-electron chi connectivity index (χ1n) is 7.34. The number of halogens is 1. The fourth-order valence-corrected chi connectivity index (χ4v) is 2.36. The zero-order chi connectivity index (χ0) is 13.2. The quantitative estimate of drug-likeness (QED) is 0.743. The minimum absolute atomic E-state index is 0.197. The van der Waals surface area contributed by atoms with Crippen LogP contribution in [0.3, 0.4) is 0 Å². The molecule has 0 bridgehead atoms. The molecule has 2 fully saturated rings. The van der Waals surface area contributed by atoms with Gasteiger partial charge in [-0.3, -0.25) is 0 Å². The Kier molecular flexibility index (Phi) is 3.58. The molecule has 2 saturated carbocycles. The van der Waals surface area contributed by atoms with Crippen molar-refractivity contribution in [3.05, 3.63) is 35.2 Å². The van der Waals surface area contributed by atoms with Crippen molar-refractivity contribution in [2.45, 2.75) is 39.0 Å². The summed E-state index contributed by atoms with van der Waals surface area (Å²) in [6, 6.07) is 3.74. The van der Waals surface area contributed by atoms with E-state index in [4.69, 9.17) is 4.74 Å². The summed E-state index contributed by atoms with van der Waals surface area (Å²) in [6.07, 6.45) is 10.5. The van der Waals surface area contributed by atoms with E-state index in [0.29, 0.717) is 23.8 Å². The summed E-state index contributed by atoms with van der Waals surface area (Å²) in [5.74, 6) is 1.57. The van der Waals surface area contributed by atoms with Crippen LogP contribution in [0.4, 0.5) is 4.39 Å². The molecule has 2 aliphatic carbocycles. The van der Waals surface area contributed by atoms with Crippen LogP contribution in [0.25, 0.3) is 6.08 Å². The van der Waals surface area contributed by atoms with Gasteiger partial charge >= 0.3 is 0 Å². The highest BCUT2D eigenvalue weighted by atomic mass is 19.1. The Morgan fingerprint density at radius 1 is 1.26 bits per heavy atom. The fraction of sp³-hybridized carbons (Fsp3) is 0.529. The van der Waals surface area contributed by atoms with Crippen LogP contribution in [-0.2, 0) is 0 Å². The molecule has 0 aliphatic heterocycles. The second-order valence-corrected chi connectivity index (χ2v) is 5.90. The Bertz CT molecular complexity index is 484. The lowest BCUT2D eigenvalue weighted by Crippen LogP contribution is -2.19. The summed E-state index contributed by atoms with van der Waals surface area (Å²) in [4.78, 5) is 0. The van der Waals surface area contributed by atoms with Crippen molar-refractivity contribution in [2.24, 2.45) is 11.8 Å². The summed E-state index contributed by atoms with van der Waals surface area (Å²) in [6.45, 7) is 2.49. The standard InChI is InChI=1S/C17H21FO/c1-12-15(8-7-13-5-6-13)9-10-16(17(12)18)19-11-14-3-2-4-14/h7-10,13-14H,2-6,11H2,1H3/b8-7+. The molecule has 0 heterocycles. The molecule has 2 heteroatoms. The number of hydrogen-bond donors (Lipinski definition) is 0. The van der Waals surface area contributed by atoms with Crippen molar-refractivity contribution in [1.29, 1.82) is 0 Å². The topological polar surface area (TPSA) is 9.23 Å². The number of ether oxygens (including phenoxy) is 1. The van der Waals surface area contributed by atoms with Gasteiger partial charge in [-0.05, 0) is 61.6 Å². The van der Waals surface area contributed by atoms with E-state index in [0.717, 1.165) is 11.5 Å². The van der Waals surface area contributed by atoms with E-state index in [1.54, 1.807) is 6.07 Å². The summed E-state index contributed by atoms with van der Waals surface area (Å²) in [5.41, 5.74) is 1.67. The zero-order valence-corrected chi connectivity index (χ0v) is 11.5. The third-order valence-electron chi connectivity index (χ3n) is 4.26. The van der Waals surface area contributed by atoms with Crippen LogP contribution in [0, 0.1) is 24.6 Å². The van der Waals surface area contributed by atoms with Gasteiger partial charge in [0.2, 0.25) is 0 Å². The van der Waals surface area contributed by atoms with Crippen molar-refractivity contribution in [2.75, 3.05) is 6.61 Å². The number of benzene rings is 1. The molecule has 0 unspecified atom stereocenters. The number of allylic oxidation sites excluding steroid dienone is 1. The Balaban J connectivity index is 1.68. The summed E-state index contributed by atoms with van der Waals surface area (Å²) < 4.78 is 19.8. The van der Waals surface area contributed by atoms with E-state index in [-0.39, 0.29) is 5.82 Å². The molecule has 0 aromatic heterocycles. The minimum atomic E-state index is -0.197. The smallest absolute Gasteiger partial charge is 0.168 e. The molecule has 102 valence electrons. The highest BCUT2D eigenvalue weighted by Crippen LogP contribution is 2.32. The van der Waals surface area contributed by atoms with Crippen LogP contribution in [0.1, 0.15) is 43.2 Å². The van der Waals surface area contributed by atoms with E-state index in [2.05, 4.69) is 6.08 Å². The molecule has 1 aromatic rings. The molecule has 0 radical (unpaired) electrons. The summed E-state index contributed by atoms with van der Waals surface area (Å²) >= 11 is 0. The first kappa shape index (κ1) is 12.7. The van der Waals surface area contributed by atoms with E-state index < -0.39 is 0 Å². The average molecular weight is 260 g/mol. The van der Waals surface area contributed by atoms with Gasteiger partial charge < -0.3 is 4.74 Å². The summed E-state index contributed by atoms with van der Waals surface area (Å²) in [5, 5.41) is 0. The summed E-state index contributed by atoms with van der Waals surface area (Å²) in [7, 11) is 0. The van der Waals surface area contributed by atoms with Gasteiger partial charge in [-0.2, -0.15) is 0 Å². The van der Waals surface area contributed by atoms with Crippen molar-refractivity contribution >= 4 is 6.08 Å². The Hall–Kier alpha value is -1.31. The first-order chi connectivity index (χ1) is 9.24. The first-order valence-corrected chi connectivity index (χ1v) is 7.34. The van der Waals surface area contributed by atoms with Crippen LogP contribution in [-0.4, -0.2) is 6.61 Å². The van der Waals surface area contributed by atoms with E-state index in [1.807, 2.05) is 19.1 Å². The van der Waals surface area contributed by atoms with Gasteiger partial charge in [0, 0.05) is 0 Å². The normalized spacial score (nSPS) is 19.7. The third-order valence-corrected chi connectivity index (χ3v) is 4.26. The maximum Gasteiger partial charge on any atom is 0.168 e. The van der Waals surface area contributed by atoms with Gasteiger partial charge in [0.15, 0.2) is 11.6 Å². The van der Waals surface area contributed by atoms with Gasteiger partial charge in [-0.25, -0.2) is 4.39 Å². The second-order valence-electron chi connectivity index (χ2n) is 5.90. The third kappa shape index (κ3) is 2.99. The molecule has 19 heavy (non-hydrogen) atoms. The molecular formula is C17H21FO. The van der Waals surface area contributed by atoms with E-state index in [1.165, 1.54) is 32.1 Å². The Morgan fingerprint density at radius 3 is 2.68 bits per heavy atom. The largest absolute Gasteiger partial charge is 0.490 e. The van der Waals surface area contributed by atoms with Crippen LogP contribution in [0.2, 0.25) is 0 Å². The van der Waals surface area contributed by atoms with Gasteiger partial charge in [-0.15, -0.1) is 0 Å². The average Bonchev–Trinajstić information content (AvgIpc) is 3.15. The van der Waals surface area contributed by atoms with Gasteiger partial charge in [-0.1, -0.05) is 24.6 Å². The SMILES string of the molecule is Cc1c(/C=C/C2CC2)ccc(OCC2CCC2)c1F. The molecule has 1 nitrogen and oxygen atoms in total. The lowest BCUT2D eigenvalue weighted by Gasteiger charge is -2.25. The Labute approximate surface area is 114 Å². The maximum absolute atomic E-state index is 14.2. The molecule has 0 saturated heterocycles. The van der Waals surface area contributed by atoms with Gasteiger partial charge in [0.05, 0.1) is 6.61 Å². The molecule has 0 amide bonds. The minimum Gasteiger partial charge on any atom is -0.490 e. The molecule has 0 atom stereocenters. The molecule has 1 aromatic carbocycles. The maximum atomic E-state index is 14.2. The predicted molar refractivity (Wildman–Crippen MR) is 75.7 cm³/mol. The fourth-order valence-electron chi connectivity index (χ4n) is 2.36. The number of rotatable bonds is 5. The van der Waals surface area contributed by atoms with Crippen LogP contribution >= 0.6 is 0 Å². The number of hydrogen-bond acceptors (Lipinski definition) is 1. The lowest BCUT2D eigenvalue weighted by molar-refractivity contribution is 0.175. The van der Waals surface area contributed by atoms with E-state index >= 15 is 0 Å². The van der Waals surface area contributed by atoms with Crippen molar-refractivity contribution < 1.29 is 9.13 Å². The van der Waals surface area contributed by atoms with Crippen LogP contribution < -0.4 is 4.74 Å². The van der Waals surface area contributed by atoms with E-state index in [9.17, 15) is 4.39 Å². The van der Waals surface area contributed by atoms with Crippen molar-refractivity contribution in [3.63, 3.8) is 0 Å². The van der Waals surface area contributed by atoms with Crippen LogP contribution in [0.15, 0.2) is 18.2 Å². The predicted octanol–water partition coefficient (Wildman–Crippen LogP) is 4.74. The molecule has 0 N–H and O–H groups in total. The highest BCUT2D eigenvalue weighted by molar-refractivity contribution is 5.56. The van der Waals surface area contributed by atoms with Gasteiger partial charge in [0.1, 0.15) is 0 Å². The molecule has 0 spiro atoms. The molecular weight excluding hydrogens is 239 g/mol. The molecule has 3 rings (SSSR count). The van der Waals surface area contributed by atoms with Crippen LogP contribution in [0.5, 0.6) is 5.75 Å². The Morgan fingerprint density at radius 2 is 2.05 bits per heavy atom. The van der Waals surface area contributed by atoms with Crippen molar-refractivity contribution in [3.8, 4) is 5.75 Å².